The van der Waals surface area contributed by atoms with E-state index in [0.717, 1.165) is 12.8 Å². The van der Waals surface area contributed by atoms with Crippen molar-refractivity contribution >= 4 is 57.0 Å². The van der Waals surface area contributed by atoms with E-state index in [1.54, 1.807) is 39.0 Å². The average Bonchev–Trinajstić information content (AvgIpc) is 3.99. The van der Waals surface area contributed by atoms with Crippen molar-refractivity contribution in [2.75, 3.05) is 13.7 Å². The number of amides is 4. The molecular weight excluding hydrogens is 714 g/mol. The fourth-order valence-electron chi connectivity index (χ4n) is 6.90. The number of hydrogen-bond acceptors (Lipinski definition) is 10. The van der Waals surface area contributed by atoms with Crippen molar-refractivity contribution in [1.29, 1.82) is 0 Å². The lowest BCUT2D eigenvalue weighted by Gasteiger charge is -2.35. The molecule has 5 unspecified atom stereocenters. The van der Waals surface area contributed by atoms with Crippen LogP contribution in [-0.2, 0) is 19.1 Å². The van der Waals surface area contributed by atoms with Gasteiger partial charge in [-0.25, -0.2) is 9.78 Å². The zero-order valence-electron chi connectivity index (χ0n) is 29.9. The van der Waals surface area contributed by atoms with Crippen LogP contribution < -0.4 is 24.8 Å². The molecule has 5 N–H and O–H groups in total. The predicted octanol–water partition coefficient (Wildman–Crippen LogP) is 5.48. The summed E-state index contributed by atoms with van der Waals surface area (Å²) in [6, 6.07) is 3.11. The van der Waals surface area contributed by atoms with Crippen LogP contribution in [0.1, 0.15) is 78.6 Å². The van der Waals surface area contributed by atoms with Gasteiger partial charge in [0.1, 0.15) is 35.1 Å². The van der Waals surface area contributed by atoms with Crippen LogP contribution in [-0.4, -0.2) is 91.0 Å². The zero-order chi connectivity index (χ0) is 37.4. The van der Waals surface area contributed by atoms with Gasteiger partial charge in [-0.2, -0.15) is 0 Å². The number of allylic oxidation sites excluding steroid dienone is 1. The number of fused-ring (bicyclic) bond motifs is 3. The first kappa shape index (κ1) is 38.0. The molecule has 0 bridgehead atoms. The van der Waals surface area contributed by atoms with Crippen LogP contribution in [0, 0.1) is 5.92 Å². The smallest absolute Gasteiger partial charge is 0.408 e. The Morgan fingerprint density at radius 1 is 1.12 bits per heavy atom. The number of hydrogen-bond donors (Lipinski definition) is 5. The first-order valence-electron chi connectivity index (χ1n) is 17.8. The normalized spacial score (nSPS) is 27.9. The lowest BCUT2D eigenvalue weighted by Crippen LogP contribution is -2.58. The molecule has 4 amide bonds. The summed E-state index contributed by atoms with van der Waals surface area (Å²) in [5, 5.41) is 6.98. The van der Waals surface area contributed by atoms with E-state index in [-0.39, 0.29) is 31.2 Å². The molecule has 2 aliphatic carbocycles. The Kier molecular flexibility index (Phi) is 10.9. The van der Waals surface area contributed by atoms with Gasteiger partial charge >= 0.3 is 6.09 Å². The van der Waals surface area contributed by atoms with Crippen LogP contribution in [0.15, 0.2) is 36.5 Å². The molecule has 0 radical (unpaired) electrons. The maximum Gasteiger partial charge on any atom is 0.408 e. The molecule has 3 heterocycles. The number of pyridine rings is 1. The highest BCUT2D eigenvalue weighted by atomic mass is 35.5. The second-order valence-electron chi connectivity index (χ2n) is 15.1. The highest BCUT2D eigenvalue weighted by Crippen LogP contribution is 2.55. The SMILES string of the molecule is COc1cnc(OC2CC3C(=O)NC4(C(=O)NS(O)(O)C5CC5)CC4/C=C\CCCCCC(NC(=O)OC(C)(C)C)C(=O)N3C2)c2cc(Cl)ccc12. The number of alkyl carbamates (subject to hydrolysis) is 1. The molecule has 16 heteroatoms. The van der Waals surface area contributed by atoms with Crippen LogP contribution in [0.2, 0.25) is 5.02 Å². The van der Waals surface area contributed by atoms with Gasteiger partial charge in [0, 0.05) is 28.1 Å². The molecule has 2 saturated carbocycles. The Morgan fingerprint density at radius 3 is 2.60 bits per heavy atom. The van der Waals surface area contributed by atoms with E-state index < -0.39 is 69.2 Å². The summed E-state index contributed by atoms with van der Waals surface area (Å²) in [6.07, 6.45) is 8.63. The van der Waals surface area contributed by atoms with Gasteiger partial charge in [-0.15, -0.1) is 10.8 Å². The molecule has 2 aromatic rings. The van der Waals surface area contributed by atoms with Crippen molar-refractivity contribution < 1.29 is 42.5 Å². The molecule has 1 aromatic carbocycles. The van der Waals surface area contributed by atoms with E-state index in [1.165, 1.54) is 18.2 Å². The predicted molar refractivity (Wildman–Crippen MR) is 196 cm³/mol. The number of aromatic nitrogens is 1. The van der Waals surface area contributed by atoms with Gasteiger partial charge < -0.3 is 29.7 Å². The monoisotopic (exact) mass is 761 g/mol. The summed E-state index contributed by atoms with van der Waals surface area (Å²) in [5.74, 6) is -1.40. The molecule has 0 spiro atoms. The van der Waals surface area contributed by atoms with Gasteiger partial charge in [0.05, 0.1) is 25.1 Å². The largest absolute Gasteiger partial charge is 0.494 e. The standard InChI is InChI=1S/C36H48ClN5O9S/c1-35(2,3)51-34(46)39-27-11-9-7-5-6-8-10-21-18-36(21,33(45)41-52(47,48)24-13-14-24)40-30(43)28-17-23(20-42(28)32(27)44)50-31-26-16-22(37)12-15-25(26)29(49-4)19-38-31/h8,10,12,15-16,19,21,23-24,27-28,47-48H,5-7,9,11,13-14,17-18,20H2,1-4H3,(H,39,46)(H,40,43)(H,41,45)/b10-8-. The summed E-state index contributed by atoms with van der Waals surface area (Å²) in [4.78, 5) is 61.4. The number of benzene rings is 1. The minimum Gasteiger partial charge on any atom is -0.494 e. The highest BCUT2D eigenvalue weighted by Gasteiger charge is 2.62. The van der Waals surface area contributed by atoms with Gasteiger partial charge in [0.25, 0.3) is 5.91 Å². The summed E-state index contributed by atoms with van der Waals surface area (Å²) in [6.45, 7) is 5.16. The number of ether oxygens (including phenoxy) is 3. The van der Waals surface area contributed by atoms with E-state index in [4.69, 9.17) is 25.8 Å². The van der Waals surface area contributed by atoms with Crippen LogP contribution in [0.25, 0.3) is 10.8 Å². The molecule has 2 aliphatic heterocycles. The van der Waals surface area contributed by atoms with Crippen molar-refractivity contribution in [1.82, 2.24) is 25.2 Å². The lowest BCUT2D eigenvalue weighted by atomic mass is 10.0. The van der Waals surface area contributed by atoms with Crippen molar-refractivity contribution in [3.8, 4) is 11.6 Å². The maximum atomic E-state index is 14.4. The Hall–Kier alpha value is -3.79. The first-order valence-corrected chi connectivity index (χ1v) is 19.8. The maximum absolute atomic E-state index is 14.4. The van der Waals surface area contributed by atoms with Gasteiger partial charge in [-0.1, -0.05) is 36.6 Å². The fourth-order valence-corrected chi connectivity index (χ4v) is 8.49. The van der Waals surface area contributed by atoms with E-state index >= 15 is 0 Å². The van der Waals surface area contributed by atoms with E-state index in [0.29, 0.717) is 53.6 Å². The Bertz CT molecular complexity index is 1750. The molecule has 14 nitrogen and oxygen atoms in total. The van der Waals surface area contributed by atoms with Crippen molar-refractivity contribution in [2.24, 2.45) is 5.92 Å². The number of rotatable bonds is 7. The number of methoxy groups -OCH3 is 1. The third kappa shape index (κ3) is 8.53. The topological polar surface area (TPSA) is 189 Å². The van der Waals surface area contributed by atoms with Crippen LogP contribution >= 0.6 is 22.4 Å². The van der Waals surface area contributed by atoms with E-state index in [9.17, 15) is 28.3 Å². The number of carbonyl (C=O) groups is 4. The lowest BCUT2D eigenvalue weighted by molar-refractivity contribution is -0.141. The Balaban J connectivity index is 1.32. The molecule has 5 atom stereocenters. The summed E-state index contributed by atoms with van der Waals surface area (Å²) in [7, 11) is -1.87. The first-order chi connectivity index (χ1) is 24.6. The Labute approximate surface area is 309 Å². The molecular formula is C36H48ClN5O9S. The number of nitrogens with one attached hydrogen (secondary N) is 3. The van der Waals surface area contributed by atoms with Crippen LogP contribution in [0.3, 0.4) is 0 Å². The van der Waals surface area contributed by atoms with Gasteiger partial charge in [0.2, 0.25) is 17.7 Å². The minimum absolute atomic E-state index is 0.0239. The third-order valence-electron chi connectivity index (χ3n) is 9.84. The van der Waals surface area contributed by atoms with Gasteiger partial charge in [-0.05, 0) is 77.5 Å². The molecule has 6 rings (SSSR count). The third-order valence-corrected chi connectivity index (χ3v) is 12.0. The number of halogens is 1. The minimum atomic E-state index is -3.40. The number of nitrogens with zero attached hydrogens (tertiary/aromatic N) is 2. The molecule has 3 fully saturated rings. The van der Waals surface area contributed by atoms with Gasteiger partial charge in [-0.3, -0.25) is 28.2 Å². The molecule has 1 aromatic heterocycles. The molecule has 52 heavy (non-hydrogen) atoms. The van der Waals surface area contributed by atoms with Crippen LogP contribution in [0.5, 0.6) is 11.6 Å². The average molecular weight is 762 g/mol. The van der Waals surface area contributed by atoms with E-state index in [1.807, 2.05) is 12.2 Å². The Morgan fingerprint density at radius 2 is 1.88 bits per heavy atom. The van der Waals surface area contributed by atoms with Crippen molar-refractivity contribution in [3.63, 3.8) is 0 Å². The van der Waals surface area contributed by atoms with Gasteiger partial charge in [0.15, 0.2) is 0 Å². The quantitative estimate of drug-likeness (QED) is 0.226. The molecule has 284 valence electrons. The second-order valence-corrected chi connectivity index (χ2v) is 17.6. The zero-order valence-corrected chi connectivity index (χ0v) is 31.4. The van der Waals surface area contributed by atoms with Crippen molar-refractivity contribution in [2.45, 2.75) is 113 Å². The van der Waals surface area contributed by atoms with Crippen LogP contribution in [0.4, 0.5) is 4.79 Å². The van der Waals surface area contributed by atoms with E-state index in [2.05, 4.69) is 20.3 Å². The van der Waals surface area contributed by atoms with Crippen molar-refractivity contribution in [3.05, 3.63) is 41.6 Å². The molecule has 1 saturated heterocycles. The summed E-state index contributed by atoms with van der Waals surface area (Å²) in [5.41, 5.74) is -2.23. The second kappa shape index (κ2) is 14.9. The highest BCUT2D eigenvalue weighted by molar-refractivity contribution is 8.23. The number of carbonyl (C=O) groups excluding carboxylic acids is 4. The fraction of sp³-hybridized carbons (Fsp3) is 0.583. The summed E-state index contributed by atoms with van der Waals surface area (Å²) >= 11 is 6.34. The molecule has 4 aliphatic rings. The summed E-state index contributed by atoms with van der Waals surface area (Å²) < 4.78 is 41.1.